The molecule has 3 heterocycles. The Kier molecular flexibility index (Phi) is 4.40. The predicted octanol–water partition coefficient (Wildman–Crippen LogP) is 1.91. The van der Waals surface area contributed by atoms with Gasteiger partial charge in [-0.25, -0.2) is 0 Å². The summed E-state index contributed by atoms with van der Waals surface area (Å²) in [5, 5.41) is 0. The maximum atomic E-state index is 12.4. The Morgan fingerprint density at radius 1 is 1.17 bits per heavy atom. The van der Waals surface area contributed by atoms with Crippen molar-refractivity contribution in [3.63, 3.8) is 0 Å². The number of carbonyl (C=O) groups is 1. The number of nitrogens with zero attached hydrogens (tertiary/aromatic N) is 3. The quantitative estimate of drug-likeness (QED) is 0.850. The zero-order chi connectivity index (χ0) is 15.6. The first kappa shape index (κ1) is 15.2. The van der Waals surface area contributed by atoms with E-state index in [1.807, 2.05) is 4.90 Å². The second-order valence-corrected chi connectivity index (χ2v) is 7.29. The summed E-state index contributed by atoms with van der Waals surface area (Å²) in [6, 6.07) is 4.40. The average Bonchev–Trinajstić information content (AvgIpc) is 3.28. The highest BCUT2D eigenvalue weighted by Gasteiger charge is 2.37. The fourth-order valence-electron chi connectivity index (χ4n) is 4.52. The fourth-order valence-corrected chi connectivity index (χ4v) is 4.52. The lowest BCUT2D eigenvalue weighted by molar-refractivity contribution is 0.0728. The molecule has 2 atom stereocenters. The van der Waals surface area contributed by atoms with Crippen molar-refractivity contribution in [3.8, 4) is 0 Å². The zero-order valence-corrected chi connectivity index (χ0v) is 13.8. The van der Waals surface area contributed by atoms with E-state index in [0.717, 1.165) is 51.1 Å². The summed E-state index contributed by atoms with van der Waals surface area (Å²) in [5.74, 6) is 1.48. The van der Waals surface area contributed by atoms with Crippen LogP contribution in [0.2, 0.25) is 0 Å². The molecule has 2 saturated heterocycles. The molecule has 0 unspecified atom stereocenters. The van der Waals surface area contributed by atoms with Crippen LogP contribution in [0.4, 0.5) is 0 Å². The third kappa shape index (κ3) is 3.31. The molecule has 1 aromatic rings. The SMILES string of the molecule is O=C(c1ccco1)N1CCCN(CCN2C[C@H]3CC[C@@H]2C3)CC1. The zero-order valence-electron chi connectivity index (χ0n) is 13.8. The second-order valence-electron chi connectivity index (χ2n) is 7.29. The minimum Gasteiger partial charge on any atom is -0.459 e. The van der Waals surface area contributed by atoms with Crippen molar-refractivity contribution in [1.29, 1.82) is 0 Å². The molecule has 1 aromatic heterocycles. The van der Waals surface area contributed by atoms with Gasteiger partial charge in [-0.1, -0.05) is 0 Å². The third-order valence-electron chi connectivity index (χ3n) is 5.83. The third-order valence-corrected chi connectivity index (χ3v) is 5.83. The van der Waals surface area contributed by atoms with Crippen molar-refractivity contribution in [1.82, 2.24) is 14.7 Å². The summed E-state index contributed by atoms with van der Waals surface area (Å²) < 4.78 is 5.25. The van der Waals surface area contributed by atoms with Crippen molar-refractivity contribution < 1.29 is 9.21 Å². The number of carbonyl (C=O) groups excluding carboxylic acids is 1. The lowest BCUT2D eigenvalue weighted by Gasteiger charge is -2.29. The number of amides is 1. The van der Waals surface area contributed by atoms with Crippen molar-refractivity contribution in [2.45, 2.75) is 31.7 Å². The van der Waals surface area contributed by atoms with Crippen LogP contribution in [-0.2, 0) is 0 Å². The van der Waals surface area contributed by atoms with Crippen LogP contribution in [0, 0.1) is 5.92 Å². The van der Waals surface area contributed by atoms with Gasteiger partial charge in [0.2, 0.25) is 0 Å². The van der Waals surface area contributed by atoms with Gasteiger partial charge in [-0.05, 0) is 50.3 Å². The van der Waals surface area contributed by atoms with E-state index in [2.05, 4.69) is 9.80 Å². The van der Waals surface area contributed by atoms with E-state index in [-0.39, 0.29) is 5.91 Å². The predicted molar refractivity (Wildman–Crippen MR) is 88.4 cm³/mol. The number of hydrogen-bond acceptors (Lipinski definition) is 4. The molecule has 4 rings (SSSR count). The molecule has 1 aliphatic carbocycles. The molecule has 23 heavy (non-hydrogen) atoms. The van der Waals surface area contributed by atoms with Gasteiger partial charge in [-0.15, -0.1) is 0 Å². The van der Waals surface area contributed by atoms with Crippen LogP contribution in [0.1, 0.15) is 36.2 Å². The molecule has 0 spiro atoms. The van der Waals surface area contributed by atoms with Gasteiger partial charge in [-0.2, -0.15) is 0 Å². The van der Waals surface area contributed by atoms with Crippen molar-refractivity contribution in [2.75, 3.05) is 45.8 Å². The first-order valence-corrected chi connectivity index (χ1v) is 9.09. The van der Waals surface area contributed by atoms with E-state index >= 15 is 0 Å². The molecule has 0 radical (unpaired) electrons. The van der Waals surface area contributed by atoms with Crippen LogP contribution in [0.3, 0.4) is 0 Å². The fraction of sp³-hybridized carbons (Fsp3) is 0.722. The van der Waals surface area contributed by atoms with Crippen molar-refractivity contribution in [3.05, 3.63) is 24.2 Å². The van der Waals surface area contributed by atoms with E-state index in [1.165, 1.54) is 32.4 Å². The lowest BCUT2D eigenvalue weighted by atomic mass is 10.1. The number of furan rings is 1. The van der Waals surface area contributed by atoms with Crippen LogP contribution in [0.5, 0.6) is 0 Å². The summed E-state index contributed by atoms with van der Waals surface area (Å²) in [6.07, 6.45) is 6.93. The van der Waals surface area contributed by atoms with E-state index in [9.17, 15) is 4.79 Å². The van der Waals surface area contributed by atoms with Crippen LogP contribution < -0.4 is 0 Å². The van der Waals surface area contributed by atoms with Crippen LogP contribution in [-0.4, -0.2) is 72.5 Å². The number of rotatable bonds is 4. The van der Waals surface area contributed by atoms with Gasteiger partial charge in [0.15, 0.2) is 5.76 Å². The Hall–Kier alpha value is -1.33. The minimum atomic E-state index is 0.0358. The molecule has 0 N–H and O–H groups in total. The second kappa shape index (κ2) is 6.65. The smallest absolute Gasteiger partial charge is 0.289 e. The molecule has 126 valence electrons. The molecule has 2 bridgehead atoms. The highest BCUT2D eigenvalue weighted by Crippen LogP contribution is 2.36. The highest BCUT2D eigenvalue weighted by molar-refractivity contribution is 5.91. The number of piperidine rings is 1. The number of hydrogen-bond donors (Lipinski definition) is 0. The molecular formula is C18H27N3O2. The highest BCUT2D eigenvalue weighted by atomic mass is 16.3. The monoisotopic (exact) mass is 317 g/mol. The Labute approximate surface area is 138 Å². The van der Waals surface area contributed by atoms with Crippen molar-refractivity contribution in [2.24, 2.45) is 5.92 Å². The molecule has 5 nitrogen and oxygen atoms in total. The molecule has 0 aromatic carbocycles. The van der Waals surface area contributed by atoms with E-state index in [0.29, 0.717) is 5.76 Å². The van der Waals surface area contributed by atoms with Crippen LogP contribution in [0.25, 0.3) is 0 Å². The van der Waals surface area contributed by atoms with Gasteiger partial charge in [-0.3, -0.25) is 9.69 Å². The van der Waals surface area contributed by atoms with Gasteiger partial charge >= 0.3 is 0 Å². The Morgan fingerprint density at radius 3 is 2.87 bits per heavy atom. The Morgan fingerprint density at radius 2 is 2.13 bits per heavy atom. The normalized spacial score (nSPS) is 29.1. The maximum Gasteiger partial charge on any atom is 0.289 e. The lowest BCUT2D eigenvalue weighted by Crippen LogP contribution is -2.40. The summed E-state index contributed by atoms with van der Waals surface area (Å²) in [7, 11) is 0. The number of likely N-dealkylation sites (tertiary alicyclic amines) is 1. The van der Waals surface area contributed by atoms with Crippen LogP contribution in [0.15, 0.2) is 22.8 Å². The molecule has 5 heteroatoms. The molecule has 2 aliphatic heterocycles. The topological polar surface area (TPSA) is 39.9 Å². The Bertz CT molecular complexity index is 530. The van der Waals surface area contributed by atoms with E-state index in [4.69, 9.17) is 4.42 Å². The first-order valence-electron chi connectivity index (χ1n) is 9.09. The minimum absolute atomic E-state index is 0.0358. The van der Waals surface area contributed by atoms with Gasteiger partial charge in [0.05, 0.1) is 6.26 Å². The van der Waals surface area contributed by atoms with Gasteiger partial charge in [0.25, 0.3) is 5.91 Å². The molecule has 3 aliphatic rings. The molecule has 1 amide bonds. The van der Waals surface area contributed by atoms with Gasteiger partial charge < -0.3 is 14.2 Å². The molecule has 1 saturated carbocycles. The van der Waals surface area contributed by atoms with Gasteiger partial charge in [0.1, 0.15) is 0 Å². The molecule has 3 fully saturated rings. The summed E-state index contributed by atoms with van der Waals surface area (Å²) >= 11 is 0. The van der Waals surface area contributed by atoms with E-state index in [1.54, 1.807) is 18.4 Å². The summed E-state index contributed by atoms with van der Waals surface area (Å²) in [4.78, 5) is 19.5. The molecular weight excluding hydrogens is 290 g/mol. The first-order chi connectivity index (χ1) is 11.3. The average molecular weight is 317 g/mol. The van der Waals surface area contributed by atoms with E-state index < -0.39 is 0 Å². The standard InChI is InChI=1S/C18H27N3O2/c22-18(17-3-1-12-23-17)20-7-2-6-19(8-10-20)9-11-21-14-15-4-5-16(21)13-15/h1,3,12,15-16H,2,4-11,13-14H2/t15-,16+/m0/s1. The van der Waals surface area contributed by atoms with Crippen LogP contribution >= 0.6 is 0 Å². The Balaban J connectivity index is 1.25. The maximum absolute atomic E-state index is 12.4. The van der Waals surface area contributed by atoms with Gasteiger partial charge in [0, 0.05) is 45.3 Å². The summed E-state index contributed by atoms with van der Waals surface area (Å²) in [5.41, 5.74) is 0. The number of fused-ring (bicyclic) bond motifs is 2. The van der Waals surface area contributed by atoms with Crippen molar-refractivity contribution >= 4 is 5.91 Å². The largest absolute Gasteiger partial charge is 0.459 e. The summed E-state index contributed by atoms with van der Waals surface area (Å²) in [6.45, 7) is 7.40.